The Bertz CT molecular complexity index is 229. The Morgan fingerprint density at radius 2 is 1.75 bits per heavy atom. The minimum Gasteiger partial charge on any atom is -0.385 e. The van der Waals surface area contributed by atoms with E-state index in [9.17, 15) is 26.7 Å². The summed E-state index contributed by atoms with van der Waals surface area (Å²) in [4.78, 5) is 10.5. The third-order valence-electron chi connectivity index (χ3n) is 1.70. The van der Waals surface area contributed by atoms with Crippen molar-refractivity contribution in [3.8, 4) is 0 Å². The molecular formula is C8H12F5NO2. The summed E-state index contributed by atoms with van der Waals surface area (Å²) in [6.45, 7) is 0.111. The van der Waals surface area contributed by atoms with Crippen molar-refractivity contribution in [1.82, 2.24) is 5.32 Å². The van der Waals surface area contributed by atoms with Gasteiger partial charge in [-0.2, -0.15) is 22.0 Å². The lowest BCUT2D eigenvalue weighted by molar-refractivity contribution is -0.269. The maximum Gasteiger partial charge on any atom is 0.463 e. The first-order valence-electron chi connectivity index (χ1n) is 4.45. The molecule has 0 aromatic heterocycles. The quantitative estimate of drug-likeness (QED) is 0.575. The number of hydrogen-bond acceptors (Lipinski definition) is 2. The lowest BCUT2D eigenvalue weighted by Crippen LogP contribution is -2.50. The Kier molecular flexibility index (Phi) is 5.63. The van der Waals surface area contributed by atoms with Crippen LogP contribution in [0, 0.1) is 0 Å². The third kappa shape index (κ3) is 4.30. The normalized spacial score (nSPS) is 12.6. The van der Waals surface area contributed by atoms with Crippen molar-refractivity contribution in [2.75, 3.05) is 20.3 Å². The molecule has 0 spiro atoms. The number of unbranched alkanes of at least 4 members (excludes halogenated alkanes) is 1. The van der Waals surface area contributed by atoms with Gasteiger partial charge >= 0.3 is 12.1 Å². The molecule has 0 radical (unpaired) electrons. The summed E-state index contributed by atoms with van der Waals surface area (Å²) in [7, 11) is 1.43. The summed E-state index contributed by atoms with van der Waals surface area (Å²) < 4.78 is 64.4. The van der Waals surface area contributed by atoms with Crippen LogP contribution in [0.4, 0.5) is 22.0 Å². The topological polar surface area (TPSA) is 38.3 Å². The summed E-state index contributed by atoms with van der Waals surface area (Å²) in [6, 6.07) is 0. The number of carbonyl (C=O) groups excluding carboxylic acids is 1. The number of halogens is 5. The number of ether oxygens (including phenoxy) is 1. The maximum absolute atomic E-state index is 12.3. The van der Waals surface area contributed by atoms with E-state index in [1.165, 1.54) is 12.4 Å². The molecule has 1 N–H and O–H groups in total. The molecular weight excluding hydrogens is 237 g/mol. The summed E-state index contributed by atoms with van der Waals surface area (Å²) >= 11 is 0. The third-order valence-corrected chi connectivity index (χ3v) is 1.70. The highest BCUT2D eigenvalue weighted by Crippen LogP contribution is 2.35. The number of hydrogen-bond donors (Lipinski definition) is 1. The van der Waals surface area contributed by atoms with Gasteiger partial charge in [0.15, 0.2) is 0 Å². The number of alkyl halides is 5. The average molecular weight is 249 g/mol. The Balaban J connectivity index is 3.98. The number of rotatable bonds is 6. The molecule has 3 nitrogen and oxygen atoms in total. The molecule has 16 heavy (non-hydrogen) atoms. The van der Waals surface area contributed by atoms with Crippen molar-refractivity contribution in [3.05, 3.63) is 0 Å². The molecule has 0 atom stereocenters. The zero-order chi connectivity index (χ0) is 12.8. The van der Waals surface area contributed by atoms with Crippen LogP contribution in [0.2, 0.25) is 0 Å². The van der Waals surface area contributed by atoms with Crippen LogP contribution in [-0.4, -0.2) is 38.3 Å². The van der Waals surface area contributed by atoms with Crippen molar-refractivity contribution < 1.29 is 31.5 Å². The van der Waals surface area contributed by atoms with Crippen molar-refractivity contribution in [3.63, 3.8) is 0 Å². The van der Waals surface area contributed by atoms with Crippen LogP contribution in [0.3, 0.4) is 0 Å². The highest BCUT2D eigenvalue weighted by Gasteiger charge is 2.63. The Labute approximate surface area is 88.9 Å². The molecule has 0 fully saturated rings. The van der Waals surface area contributed by atoms with E-state index in [1.807, 2.05) is 0 Å². The molecule has 0 aromatic rings. The number of carbonyl (C=O) groups is 1. The summed E-state index contributed by atoms with van der Waals surface area (Å²) in [6.07, 6.45) is -5.12. The fourth-order valence-electron chi connectivity index (χ4n) is 0.813. The standard InChI is InChI=1S/C8H12F5NO2/c1-16-5-3-2-4-14-6(15)7(9,10)8(11,12)13/h2-5H2,1H3,(H,14,15). The van der Waals surface area contributed by atoms with E-state index in [0.29, 0.717) is 13.0 Å². The van der Waals surface area contributed by atoms with Crippen molar-refractivity contribution in [1.29, 1.82) is 0 Å². The van der Waals surface area contributed by atoms with E-state index in [0.717, 1.165) is 0 Å². The maximum atomic E-state index is 12.3. The fraction of sp³-hybridized carbons (Fsp3) is 0.875. The van der Waals surface area contributed by atoms with Crippen LogP contribution in [0.25, 0.3) is 0 Å². The van der Waals surface area contributed by atoms with E-state index in [1.54, 1.807) is 0 Å². The van der Waals surface area contributed by atoms with Crippen molar-refractivity contribution in [2.24, 2.45) is 0 Å². The van der Waals surface area contributed by atoms with Crippen LogP contribution in [0.1, 0.15) is 12.8 Å². The van der Waals surface area contributed by atoms with Crippen molar-refractivity contribution >= 4 is 5.91 Å². The van der Waals surface area contributed by atoms with Gasteiger partial charge in [0.05, 0.1) is 0 Å². The first-order chi connectivity index (χ1) is 7.23. The second-order valence-corrected chi connectivity index (χ2v) is 3.03. The molecule has 0 saturated carbocycles. The Morgan fingerprint density at radius 3 is 2.19 bits per heavy atom. The van der Waals surface area contributed by atoms with Gasteiger partial charge in [-0.15, -0.1) is 0 Å². The predicted molar refractivity (Wildman–Crippen MR) is 45.1 cm³/mol. The zero-order valence-corrected chi connectivity index (χ0v) is 8.53. The molecule has 96 valence electrons. The second-order valence-electron chi connectivity index (χ2n) is 3.03. The molecule has 1 amide bonds. The van der Waals surface area contributed by atoms with Gasteiger partial charge in [-0.25, -0.2) is 0 Å². The highest BCUT2D eigenvalue weighted by molar-refractivity contribution is 5.84. The molecule has 0 saturated heterocycles. The highest BCUT2D eigenvalue weighted by atomic mass is 19.4. The predicted octanol–water partition coefficient (Wildman–Crippen LogP) is 1.73. The van der Waals surface area contributed by atoms with Gasteiger partial charge in [-0.3, -0.25) is 4.79 Å². The molecule has 8 heteroatoms. The molecule has 0 aliphatic carbocycles. The fourth-order valence-corrected chi connectivity index (χ4v) is 0.813. The summed E-state index contributed by atoms with van der Waals surface area (Å²) in [5.41, 5.74) is 0. The van der Waals surface area contributed by atoms with Gasteiger partial charge in [0.2, 0.25) is 0 Å². The molecule has 0 unspecified atom stereocenters. The minimum atomic E-state index is -5.86. The number of methoxy groups -OCH3 is 1. The van der Waals surface area contributed by atoms with E-state index < -0.39 is 18.0 Å². The summed E-state index contributed by atoms with van der Waals surface area (Å²) in [5, 5.41) is 1.52. The van der Waals surface area contributed by atoms with E-state index in [-0.39, 0.29) is 13.0 Å². The molecule has 0 heterocycles. The molecule has 0 aliphatic heterocycles. The van der Waals surface area contributed by atoms with Gasteiger partial charge in [-0.05, 0) is 12.8 Å². The molecule has 0 bridgehead atoms. The first-order valence-corrected chi connectivity index (χ1v) is 4.45. The van der Waals surface area contributed by atoms with Gasteiger partial charge in [0.1, 0.15) is 0 Å². The van der Waals surface area contributed by atoms with Crippen LogP contribution < -0.4 is 5.32 Å². The smallest absolute Gasteiger partial charge is 0.385 e. The SMILES string of the molecule is COCCCCNC(=O)C(F)(F)C(F)(F)F. The summed E-state index contributed by atoms with van der Waals surface area (Å²) in [5.74, 6) is -7.66. The zero-order valence-electron chi connectivity index (χ0n) is 8.53. The van der Waals surface area contributed by atoms with E-state index in [4.69, 9.17) is 0 Å². The van der Waals surface area contributed by atoms with Crippen LogP contribution in [-0.2, 0) is 9.53 Å². The largest absolute Gasteiger partial charge is 0.463 e. The first kappa shape index (κ1) is 15.1. The number of nitrogens with one attached hydrogen (secondary N) is 1. The average Bonchev–Trinajstić information content (AvgIpc) is 2.15. The number of amides is 1. The van der Waals surface area contributed by atoms with Crippen LogP contribution in [0.5, 0.6) is 0 Å². The lowest BCUT2D eigenvalue weighted by Gasteiger charge is -2.18. The van der Waals surface area contributed by atoms with Crippen molar-refractivity contribution in [2.45, 2.75) is 24.9 Å². The molecule has 0 aromatic carbocycles. The monoisotopic (exact) mass is 249 g/mol. The van der Waals surface area contributed by atoms with Gasteiger partial charge in [0, 0.05) is 20.3 Å². The van der Waals surface area contributed by atoms with Gasteiger partial charge in [0.25, 0.3) is 5.91 Å². The Morgan fingerprint density at radius 1 is 1.19 bits per heavy atom. The van der Waals surface area contributed by atoms with Gasteiger partial charge in [-0.1, -0.05) is 0 Å². The Hall–Kier alpha value is -0.920. The molecule has 0 rings (SSSR count). The van der Waals surface area contributed by atoms with E-state index in [2.05, 4.69) is 4.74 Å². The second kappa shape index (κ2) is 5.97. The van der Waals surface area contributed by atoms with Crippen LogP contribution in [0.15, 0.2) is 0 Å². The lowest BCUT2D eigenvalue weighted by atomic mass is 10.2. The van der Waals surface area contributed by atoms with Crippen LogP contribution >= 0.6 is 0 Å². The van der Waals surface area contributed by atoms with Gasteiger partial charge < -0.3 is 10.1 Å². The van der Waals surface area contributed by atoms with E-state index >= 15 is 0 Å². The minimum absolute atomic E-state index is 0.242. The molecule has 0 aliphatic rings.